The molecule has 1 amide bonds. The molecule has 18 heavy (non-hydrogen) atoms. The minimum absolute atomic E-state index is 0.172. The van der Waals surface area contributed by atoms with Crippen molar-refractivity contribution in [3.63, 3.8) is 0 Å². The van der Waals surface area contributed by atoms with Gasteiger partial charge in [-0.05, 0) is 39.0 Å². The van der Waals surface area contributed by atoms with E-state index in [1.807, 2.05) is 25.7 Å². The lowest BCUT2D eigenvalue weighted by molar-refractivity contribution is 0.0119. The summed E-state index contributed by atoms with van der Waals surface area (Å²) in [6.45, 7) is 12.5. The van der Waals surface area contributed by atoms with Crippen molar-refractivity contribution in [1.82, 2.24) is 10.2 Å². The van der Waals surface area contributed by atoms with Crippen LogP contribution in [0.25, 0.3) is 0 Å². The van der Waals surface area contributed by atoms with E-state index in [4.69, 9.17) is 4.74 Å². The van der Waals surface area contributed by atoms with Crippen molar-refractivity contribution >= 4 is 6.09 Å². The van der Waals surface area contributed by atoms with Crippen LogP contribution >= 0.6 is 0 Å². The van der Waals surface area contributed by atoms with E-state index in [9.17, 15) is 4.79 Å². The lowest BCUT2D eigenvalue weighted by Gasteiger charge is -2.38. The predicted octanol–water partition coefficient (Wildman–Crippen LogP) is 2.20. The summed E-state index contributed by atoms with van der Waals surface area (Å²) in [6.07, 6.45) is 3.08. The Morgan fingerprint density at radius 1 is 1.39 bits per heavy atom. The normalized spacial score (nSPS) is 27.5. The van der Waals surface area contributed by atoms with Gasteiger partial charge in [-0.2, -0.15) is 0 Å². The van der Waals surface area contributed by atoms with E-state index in [2.05, 4.69) is 12.2 Å². The average Bonchev–Trinajstić information content (AvgIpc) is 2.58. The Bertz CT molecular complexity index is 314. The second-order valence-electron chi connectivity index (χ2n) is 6.75. The molecule has 0 aliphatic carbocycles. The van der Waals surface area contributed by atoms with Crippen molar-refractivity contribution in [3.8, 4) is 0 Å². The van der Waals surface area contributed by atoms with Gasteiger partial charge >= 0.3 is 6.09 Å². The van der Waals surface area contributed by atoms with Gasteiger partial charge in [0.15, 0.2) is 0 Å². The van der Waals surface area contributed by atoms with Crippen LogP contribution in [0.2, 0.25) is 0 Å². The third-order valence-electron chi connectivity index (χ3n) is 3.92. The fourth-order valence-corrected chi connectivity index (χ4v) is 2.90. The lowest BCUT2D eigenvalue weighted by Crippen LogP contribution is -2.45. The van der Waals surface area contributed by atoms with E-state index < -0.39 is 5.60 Å². The molecule has 2 fully saturated rings. The third kappa shape index (κ3) is 3.10. The molecule has 4 heteroatoms. The minimum atomic E-state index is -0.403. The molecule has 1 unspecified atom stereocenters. The fraction of sp³-hybridized carbons (Fsp3) is 0.857. The molecule has 2 saturated heterocycles. The Morgan fingerprint density at radius 3 is 2.44 bits per heavy atom. The van der Waals surface area contributed by atoms with Crippen molar-refractivity contribution in [2.75, 3.05) is 19.6 Å². The molecule has 1 spiro atoms. The van der Waals surface area contributed by atoms with E-state index in [0.717, 1.165) is 38.9 Å². The van der Waals surface area contributed by atoms with Gasteiger partial charge in [0.05, 0.1) is 6.92 Å². The van der Waals surface area contributed by atoms with Gasteiger partial charge in [0, 0.05) is 26.1 Å². The van der Waals surface area contributed by atoms with Crippen LogP contribution in [0.3, 0.4) is 0 Å². The number of rotatable bonds is 0. The Balaban J connectivity index is 1.85. The molecule has 0 aromatic carbocycles. The summed E-state index contributed by atoms with van der Waals surface area (Å²) in [5, 5.41) is 3.42. The maximum atomic E-state index is 12.0. The Labute approximate surface area is 110 Å². The van der Waals surface area contributed by atoms with Crippen molar-refractivity contribution in [2.45, 2.75) is 51.7 Å². The minimum Gasteiger partial charge on any atom is -0.444 e. The Kier molecular flexibility index (Phi) is 3.49. The smallest absolute Gasteiger partial charge is 0.410 e. The molecule has 2 rings (SSSR count). The molecule has 0 radical (unpaired) electrons. The van der Waals surface area contributed by atoms with Crippen LogP contribution in [0.5, 0.6) is 0 Å². The quantitative estimate of drug-likeness (QED) is 0.673. The molecule has 2 aliphatic rings. The molecular weight excluding hydrogens is 228 g/mol. The second-order valence-corrected chi connectivity index (χ2v) is 6.75. The number of hydrogen-bond acceptors (Lipinski definition) is 3. The third-order valence-corrected chi connectivity index (χ3v) is 3.92. The van der Waals surface area contributed by atoms with Crippen LogP contribution < -0.4 is 5.32 Å². The number of piperidine rings is 1. The first kappa shape index (κ1) is 13.5. The largest absolute Gasteiger partial charge is 0.444 e. The molecular formula is C14H25N2O2+. The first-order chi connectivity index (χ1) is 8.30. The maximum absolute atomic E-state index is 12.0. The molecule has 1 N–H and O–H groups in total. The van der Waals surface area contributed by atoms with Gasteiger partial charge in [0.25, 0.3) is 0 Å². The molecule has 0 bridgehead atoms. The van der Waals surface area contributed by atoms with Gasteiger partial charge in [-0.25, -0.2) is 4.79 Å². The van der Waals surface area contributed by atoms with E-state index in [-0.39, 0.29) is 6.09 Å². The number of hydrogen-bond donors (Lipinski definition) is 1. The summed E-state index contributed by atoms with van der Waals surface area (Å²) >= 11 is 0. The van der Waals surface area contributed by atoms with Crippen LogP contribution in [-0.4, -0.2) is 42.3 Å². The van der Waals surface area contributed by atoms with Crippen LogP contribution in [-0.2, 0) is 4.74 Å². The van der Waals surface area contributed by atoms with Crippen LogP contribution in [0.1, 0.15) is 40.0 Å². The van der Waals surface area contributed by atoms with Gasteiger partial charge < -0.3 is 9.64 Å². The highest BCUT2D eigenvalue weighted by Gasteiger charge is 2.43. The molecule has 0 aromatic heterocycles. The standard InChI is InChI=1S/C14H25N2O2/c1-11-9-14(10-15-11)5-7-16(8-6-14)12(17)18-13(2,3)4/h11,15H,1,5-10H2,2-4H3/q+1. The Morgan fingerprint density at radius 2 is 2.00 bits per heavy atom. The SMILES string of the molecule is [CH2+]C1CC2(CCN(C(=O)OC(C)(C)C)CC2)CN1. The first-order valence-corrected chi connectivity index (χ1v) is 6.84. The van der Waals surface area contributed by atoms with Gasteiger partial charge in [0.1, 0.15) is 11.6 Å². The summed E-state index contributed by atoms with van der Waals surface area (Å²) < 4.78 is 5.41. The van der Waals surface area contributed by atoms with Gasteiger partial charge in [-0.1, -0.05) is 0 Å². The zero-order valence-corrected chi connectivity index (χ0v) is 11.8. The van der Waals surface area contributed by atoms with Crippen LogP contribution in [0.4, 0.5) is 4.79 Å². The number of carbonyl (C=O) groups is 1. The predicted molar refractivity (Wildman–Crippen MR) is 71.2 cm³/mol. The summed E-state index contributed by atoms with van der Waals surface area (Å²) in [6, 6.07) is 0.373. The van der Waals surface area contributed by atoms with Crippen molar-refractivity contribution in [1.29, 1.82) is 0 Å². The summed E-state index contributed by atoms with van der Waals surface area (Å²) in [5.74, 6) is 0. The molecule has 102 valence electrons. The van der Waals surface area contributed by atoms with E-state index >= 15 is 0 Å². The van der Waals surface area contributed by atoms with Crippen molar-refractivity contribution in [2.24, 2.45) is 5.41 Å². The zero-order chi connectivity index (χ0) is 13.4. The molecule has 4 nitrogen and oxygen atoms in total. The van der Waals surface area contributed by atoms with Crippen LogP contribution in [0, 0.1) is 12.3 Å². The Hall–Kier alpha value is -0.900. The summed E-state index contributed by atoms with van der Waals surface area (Å²) in [4.78, 5) is 13.8. The summed E-state index contributed by atoms with van der Waals surface area (Å²) in [5.41, 5.74) is -0.0372. The highest BCUT2D eigenvalue weighted by atomic mass is 16.6. The summed E-state index contributed by atoms with van der Waals surface area (Å²) in [7, 11) is 0. The van der Waals surface area contributed by atoms with Gasteiger partial charge in [-0.3, -0.25) is 5.32 Å². The van der Waals surface area contributed by atoms with E-state index in [1.165, 1.54) is 0 Å². The van der Waals surface area contributed by atoms with Crippen molar-refractivity contribution in [3.05, 3.63) is 6.92 Å². The monoisotopic (exact) mass is 253 g/mol. The van der Waals surface area contributed by atoms with Crippen molar-refractivity contribution < 1.29 is 9.53 Å². The van der Waals surface area contributed by atoms with Crippen LogP contribution in [0.15, 0.2) is 0 Å². The average molecular weight is 253 g/mol. The fourth-order valence-electron chi connectivity index (χ4n) is 2.90. The number of nitrogens with zero attached hydrogens (tertiary/aromatic N) is 1. The van der Waals surface area contributed by atoms with E-state index in [1.54, 1.807) is 0 Å². The molecule has 1 atom stereocenters. The van der Waals surface area contributed by atoms with Gasteiger partial charge in [-0.15, -0.1) is 0 Å². The molecule has 0 saturated carbocycles. The number of nitrogens with one attached hydrogen (secondary N) is 1. The zero-order valence-electron chi connectivity index (χ0n) is 11.8. The highest BCUT2D eigenvalue weighted by molar-refractivity contribution is 5.68. The van der Waals surface area contributed by atoms with Gasteiger partial charge in [0.2, 0.25) is 0 Å². The first-order valence-electron chi connectivity index (χ1n) is 6.84. The molecule has 0 aromatic rings. The van der Waals surface area contributed by atoms with E-state index in [0.29, 0.717) is 11.5 Å². The topological polar surface area (TPSA) is 41.6 Å². The number of ether oxygens (including phenoxy) is 1. The molecule has 2 aliphatic heterocycles. The number of likely N-dealkylation sites (tertiary alicyclic amines) is 1. The second kappa shape index (κ2) is 4.65. The number of carbonyl (C=O) groups excluding carboxylic acids is 1. The highest BCUT2D eigenvalue weighted by Crippen LogP contribution is 2.39. The lowest BCUT2D eigenvalue weighted by atomic mass is 9.77. The number of amides is 1. The molecule has 2 heterocycles. The maximum Gasteiger partial charge on any atom is 0.410 e.